The lowest BCUT2D eigenvalue weighted by Gasteiger charge is -2.00. The van der Waals surface area contributed by atoms with E-state index in [1.54, 1.807) is 0 Å². The van der Waals surface area contributed by atoms with E-state index in [0.29, 0.717) is 5.56 Å². The Hall–Kier alpha value is -0.800. The summed E-state index contributed by atoms with van der Waals surface area (Å²) in [6.07, 6.45) is 0. The molecule has 0 aliphatic heterocycles. The summed E-state index contributed by atoms with van der Waals surface area (Å²) in [6, 6.07) is 2.39. The van der Waals surface area contributed by atoms with E-state index in [1.165, 1.54) is 6.07 Å². The van der Waals surface area contributed by atoms with Crippen molar-refractivity contribution in [1.82, 2.24) is 0 Å². The van der Waals surface area contributed by atoms with Crippen LogP contribution in [-0.4, -0.2) is 10.2 Å². The number of rotatable bonds is 1. The Morgan fingerprint density at radius 1 is 1.45 bits per heavy atom. The predicted molar refractivity (Wildman–Crippen MR) is 39.0 cm³/mol. The quantitative estimate of drug-likeness (QED) is 0.684. The fourth-order valence-electron chi connectivity index (χ4n) is 0.720. The van der Waals surface area contributed by atoms with Gasteiger partial charge >= 0.3 is 0 Å². The summed E-state index contributed by atoms with van der Waals surface area (Å²) in [6.45, 7) is -0.270. The monoisotopic (exact) mass is 176 g/mol. The molecule has 0 spiro atoms. The molecule has 1 aromatic carbocycles. The summed E-state index contributed by atoms with van der Waals surface area (Å²) in [7, 11) is 0. The van der Waals surface area contributed by atoms with Gasteiger partial charge in [0.05, 0.1) is 11.6 Å². The number of hydrogen-bond acceptors (Lipinski definition) is 2. The van der Waals surface area contributed by atoms with Gasteiger partial charge in [0.2, 0.25) is 0 Å². The van der Waals surface area contributed by atoms with Crippen molar-refractivity contribution < 1.29 is 14.6 Å². The van der Waals surface area contributed by atoms with Crippen LogP contribution < -0.4 is 0 Å². The number of aliphatic hydroxyl groups excluding tert-OH is 1. The average Bonchev–Trinajstić information content (AvgIpc) is 1.99. The Balaban J connectivity index is 3.21. The summed E-state index contributed by atoms with van der Waals surface area (Å²) in [5.74, 6) is -1.40. The molecule has 0 aliphatic rings. The van der Waals surface area contributed by atoms with Gasteiger partial charge in [-0.2, -0.15) is 0 Å². The maximum Gasteiger partial charge on any atom is 0.183 e. The normalized spacial score (nSPS) is 10.1. The van der Waals surface area contributed by atoms with Gasteiger partial charge < -0.3 is 10.2 Å². The van der Waals surface area contributed by atoms with Crippen molar-refractivity contribution >= 4 is 11.6 Å². The molecule has 2 N–H and O–H groups in total. The van der Waals surface area contributed by atoms with Crippen molar-refractivity contribution in [2.24, 2.45) is 0 Å². The fourth-order valence-corrected chi connectivity index (χ4v) is 0.957. The minimum Gasteiger partial charge on any atom is -0.505 e. The molecule has 1 rings (SSSR count). The van der Waals surface area contributed by atoms with Gasteiger partial charge in [-0.25, -0.2) is 4.39 Å². The third-order valence-corrected chi connectivity index (χ3v) is 1.53. The van der Waals surface area contributed by atoms with Crippen molar-refractivity contribution in [3.63, 3.8) is 0 Å². The van der Waals surface area contributed by atoms with Crippen LogP contribution in [0.3, 0.4) is 0 Å². The molecule has 60 valence electrons. The first-order valence-electron chi connectivity index (χ1n) is 2.93. The smallest absolute Gasteiger partial charge is 0.183 e. The number of phenols is 1. The molecule has 0 saturated heterocycles. The summed E-state index contributed by atoms with van der Waals surface area (Å²) < 4.78 is 12.6. The molecule has 2 nitrogen and oxygen atoms in total. The second-order valence-electron chi connectivity index (χ2n) is 2.07. The zero-order chi connectivity index (χ0) is 8.43. The second-order valence-corrected chi connectivity index (χ2v) is 2.48. The predicted octanol–water partition coefficient (Wildman–Crippen LogP) is 1.68. The molecule has 0 atom stereocenters. The highest BCUT2D eigenvalue weighted by Crippen LogP contribution is 2.25. The summed E-state index contributed by atoms with van der Waals surface area (Å²) in [5.41, 5.74) is 0.383. The maximum absolute atomic E-state index is 12.6. The molecule has 0 aliphatic carbocycles. The summed E-state index contributed by atoms with van der Waals surface area (Å²) in [4.78, 5) is 0. The highest BCUT2D eigenvalue weighted by Gasteiger charge is 2.06. The highest BCUT2D eigenvalue weighted by molar-refractivity contribution is 6.30. The van der Waals surface area contributed by atoms with Gasteiger partial charge in [-0.1, -0.05) is 11.6 Å². The molecule has 0 radical (unpaired) electrons. The topological polar surface area (TPSA) is 40.5 Å². The van der Waals surface area contributed by atoms with E-state index in [4.69, 9.17) is 21.8 Å². The molecule has 1 aromatic rings. The van der Waals surface area contributed by atoms with Crippen LogP contribution in [0, 0.1) is 5.82 Å². The van der Waals surface area contributed by atoms with Crippen LogP contribution in [0.2, 0.25) is 5.02 Å². The summed E-state index contributed by atoms with van der Waals surface area (Å²) in [5, 5.41) is 17.2. The number of benzene rings is 1. The van der Waals surface area contributed by atoms with E-state index in [9.17, 15) is 4.39 Å². The Bertz CT molecular complexity index is 252. The molecule has 0 fully saturated rings. The zero-order valence-electron chi connectivity index (χ0n) is 5.51. The zero-order valence-corrected chi connectivity index (χ0v) is 6.27. The Morgan fingerprint density at radius 2 is 2.09 bits per heavy atom. The first kappa shape index (κ1) is 8.30. The third kappa shape index (κ3) is 1.61. The minimum atomic E-state index is -0.858. The van der Waals surface area contributed by atoms with E-state index in [2.05, 4.69) is 0 Å². The third-order valence-electron chi connectivity index (χ3n) is 1.25. The molecule has 0 aromatic heterocycles. The standard InChI is InChI=1S/C7H6ClFO2/c8-5-1-4(3-10)2-6(11)7(5)9/h1-2,10-11H,3H2. The molecule has 0 saturated carbocycles. The van der Waals surface area contributed by atoms with Crippen molar-refractivity contribution in [2.75, 3.05) is 0 Å². The van der Waals surface area contributed by atoms with Gasteiger partial charge in [-0.3, -0.25) is 0 Å². The van der Waals surface area contributed by atoms with E-state index < -0.39 is 11.6 Å². The van der Waals surface area contributed by atoms with Gasteiger partial charge in [-0.05, 0) is 17.7 Å². The van der Waals surface area contributed by atoms with Gasteiger partial charge in [0.25, 0.3) is 0 Å². The van der Waals surface area contributed by atoms with Crippen molar-refractivity contribution in [2.45, 2.75) is 6.61 Å². The molecule has 4 heteroatoms. The Morgan fingerprint density at radius 3 is 2.55 bits per heavy atom. The van der Waals surface area contributed by atoms with Crippen LogP contribution in [0.15, 0.2) is 12.1 Å². The lowest BCUT2D eigenvalue weighted by atomic mass is 10.2. The second kappa shape index (κ2) is 3.07. The highest BCUT2D eigenvalue weighted by atomic mass is 35.5. The first-order chi connectivity index (χ1) is 5.15. The fraction of sp³-hybridized carbons (Fsp3) is 0.143. The maximum atomic E-state index is 12.6. The van der Waals surface area contributed by atoms with E-state index in [0.717, 1.165) is 6.07 Å². The lowest BCUT2D eigenvalue weighted by molar-refractivity contribution is 0.280. The number of aliphatic hydroxyl groups is 1. The van der Waals surface area contributed by atoms with Crippen LogP contribution in [-0.2, 0) is 6.61 Å². The lowest BCUT2D eigenvalue weighted by Crippen LogP contribution is -1.86. The number of phenolic OH excluding ortho intramolecular Hbond substituents is 1. The van der Waals surface area contributed by atoms with Crippen LogP contribution in [0.5, 0.6) is 5.75 Å². The van der Waals surface area contributed by atoms with Gasteiger partial charge in [0.1, 0.15) is 0 Å². The van der Waals surface area contributed by atoms with Gasteiger partial charge in [0.15, 0.2) is 11.6 Å². The van der Waals surface area contributed by atoms with Crippen LogP contribution in [0.4, 0.5) is 4.39 Å². The van der Waals surface area contributed by atoms with Crippen molar-refractivity contribution in [3.8, 4) is 5.75 Å². The number of aromatic hydroxyl groups is 1. The molecule has 0 unspecified atom stereocenters. The van der Waals surface area contributed by atoms with Gasteiger partial charge in [0, 0.05) is 0 Å². The van der Waals surface area contributed by atoms with Crippen LogP contribution in [0.1, 0.15) is 5.56 Å². The van der Waals surface area contributed by atoms with E-state index in [1.807, 2.05) is 0 Å². The molecule has 0 bridgehead atoms. The van der Waals surface area contributed by atoms with E-state index in [-0.39, 0.29) is 11.6 Å². The minimum absolute atomic E-state index is 0.186. The van der Waals surface area contributed by atoms with E-state index >= 15 is 0 Å². The molecular formula is C7H6ClFO2. The molecular weight excluding hydrogens is 171 g/mol. The number of halogens is 2. The summed E-state index contributed by atoms with van der Waals surface area (Å²) >= 11 is 5.35. The van der Waals surface area contributed by atoms with Crippen molar-refractivity contribution in [1.29, 1.82) is 0 Å². The first-order valence-corrected chi connectivity index (χ1v) is 3.30. The molecule has 11 heavy (non-hydrogen) atoms. The molecule has 0 heterocycles. The largest absolute Gasteiger partial charge is 0.505 e. The Kier molecular flexibility index (Phi) is 2.31. The van der Waals surface area contributed by atoms with Crippen LogP contribution >= 0.6 is 11.6 Å². The molecule has 0 amide bonds. The van der Waals surface area contributed by atoms with Crippen molar-refractivity contribution in [3.05, 3.63) is 28.5 Å². The van der Waals surface area contributed by atoms with Gasteiger partial charge in [-0.15, -0.1) is 0 Å². The SMILES string of the molecule is OCc1cc(O)c(F)c(Cl)c1. The van der Waals surface area contributed by atoms with Crippen LogP contribution in [0.25, 0.3) is 0 Å². The average molecular weight is 177 g/mol. The Labute approximate surface area is 67.9 Å². The number of hydrogen-bond donors (Lipinski definition) is 2.